The van der Waals surface area contributed by atoms with Gasteiger partial charge in [0.05, 0.1) is 42.4 Å². The van der Waals surface area contributed by atoms with Crippen molar-refractivity contribution in [3.05, 3.63) is 57.6 Å². The maximum Gasteiger partial charge on any atom is 0.262 e. The molecule has 9 heteroatoms. The lowest BCUT2D eigenvalue weighted by molar-refractivity contribution is 0.395. The van der Waals surface area contributed by atoms with E-state index in [1.807, 2.05) is 22.6 Å². The minimum Gasteiger partial charge on any atom is -0.495 e. The number of fused-ring (bicyclic) bond motifs is 3. The number of para-hydroxylation sites is 1. The Bertz CT molecular complexity index is 1250. The smallest absolute Gasteiger partial charge is 0.262 e. The Morgan fingerprint density at radius 3 is 2.61 bits per heavy atom. The van der Waals surface area contributed by atoms with E-state index in [-0.39, 0.29) is 5.56 Å². The second kappa shape index (κ2) is 7.05. The molecule has 0 atom stereocenters. The van der Waals surface area contributed by atoms with Crippen molar-refractivity contribution >= 4 is 34.0 Å². The highest BCUT2D eigenvalue weighted by molar-refractivity contribution is 6.32. The van der Waals surface area contributed by atoms with Crippen molar-refractivity contribution in [3.8, 4) is 11.5 Å². The Balaban J connectivity index is 1.78. The lowest BCUT2D eigenvalue weighted by Crippen LogP contribution is -2.20. The average Bonchev–Trinajstić information content (AvgIpc) is 3.14. The van der Waals surface area contributed by atoms with Crippen LogP contribution in [0.4, 0.5) is 5.69 Å². The molecular formula is C19H18ClN5O3. The van der Waals surface area contributed by atoms with Gasteiger partial charge in [0.25, 0.3) is 5.56 Å². The van der Waals surface area contributed by atoms with Crippen LogP contribution in [0.1, 0.15) is 5.82 Å². The van der Waals surface area contributed by atoms with E-state index in [2.05, 4.69) is 15.5 Å². The monoisotopic (exact) mass is 399 g/mol. The van der Waals surface area contributed by atoms with Crippen molar-refractivity contribution in [1.82, 2.24) is 19.2 Å². The van der Waals surface area contributed by atoms with Crippen LogP contribution in [0.2, 0.25) is 5.02 Å². The number of nitrogens with one attached hydrogen (secondary N) is 1. The second-order valence-electron chi connectivity index (χ2n) is 6.17. The Labute approximate surface area is 165 Å². The molecule has 2 heterocycles. The maximum absolute atomic E-state index is 12.5. The Kier molecular flexibility index (Phi) is 4.56. The molecule has 0 unspecified atom stereocenters. The molecule has 0 aliphatic heterocycles. The largest absolute Gasteiger partial charge is 0.495 e. The highest BCUT2D eigenvalue weighted by Gasteiger charge is 2.15. The van der Waals surface area contributed by atoms with Crippen LogP contribution in [0.5, 0.6) is 11.5 Å². The van der Waals surface area contributed by atoms with E-state index in [4.69, 9.17) is 21.1 Å². The van der Waals surface area contributed by atoms with Crippen LogP contribution < -0.4 is 20.3 Å². The van der Waals surface area contributed by atoms with Crippen molar-refractivity contribution in [2.75, 3.05) is 19.5 Å². The fraction of sp³-hybridized carbons (Fsp3) is 0.211. The molecular weight excluding hydrogens is 382 g/mol. The molecule has 144 valence electrons. The van der Waals surface area contributed by atoms with Crippen molar-refractivity contribution in [3.63, 3.8) is 0 Å². The predicted molar refractivity (Wildman–Crippen MR) is 108 cm³/mol. The SMILES string of the molecule is COc1cc(OC)c(NCc2nnc3n(C)c(=O)c4ccccc4n23)cc1Cl. The van der Waals surface area contributed by atoms with Gasteiger partial charge < -0.3 is 14.8 Å². The number of aromatic nitrogens is 4. The summed E-state index contributed by atoms with van der Waals surface area (Å²) in [6, 6.07) is 10.8. The van der Waals surface area contributed by atoms with Crippen LogP contribution in [0, 0.1) is 0 Å². The van der Waals surface area contributed by atoms with Crippen LogP contribution in [0.15, 0.2) is 41.2 Å². The molecule has 0 spiro atoms. The number of nitrogens with zero attached hydrogens (tertiary/aromatic N) is 4. The molecule has 2 aromatic carbocycles. The normalized spacial score (nSPS) is 11.1. The standard InChI is InChI=1S/C19H18ClN5O3/c1-24-18(26)11-6-4-5-7-14(11)25-17(22-23-19(24)25)10-21-13-8-12(20)15(27-2)9-16(13)28-3/h4-9,21H,10H2,1-3H3. The molecule has 0 bridgehead atoms. The van der Waals surface area contributed by atoms with Gasteiger partial charge in [0.2, 0.25) is 5.78 Å². The van der Waals surface area contributed by atoms with Gasteiger partial charge in [-0.05, 0) is 18.2 Å². The van der Waals surface area contributed by atoms with E-state index in [1.54, 1.807) is 39.5 Å². The van der Waals surface area contributed by atoms with Gasteiger partial charge in [0.15, 0.2) is 5.82 Å². The van der Waals surface area contributed by atoms with Crippen molar-refractivity contribution in [1.29, 1.82) is 0 Å². The number of rotatable bonds is 5. The van der Waals surface area contributed by atoms with E-state index < -0.39 is 0 Å². The molecule has 2 aromatic heterocycles. The summed E-state index contributed by atoms with van der Waals surface area (Å²) in [6.45, 7) is 0.350. The third-order valence-electron chi connectivity index (χ3n) is 4.60. The highest BCUT2D eigenvalue weighted by Crippen LogP contribution is 2.36. The number of benzene rings is 2. The summed E-state index contributed by atoms with van der Waals surface area (Å²) < 4.78 is 14.0. The third-order valence-corrected chi connectivity index (χ3v) is 4.90. The molecule has 8 nitrogen and oxygen atoms in total. The summed E-state index contributed by atoms with van der Waals surface area (Å²) in [5.74, 6) is 2.24. The first kappa shape index (κ1) is 18.1. The van der Waals surface area contributed by atoms with Gasteiger partial charge in [-0.15, -0.1) is 10.2 Å². The number of anilines is 1. The van der Waals surface area contributed by atoms with E-state index in [0.717, 1.165) is 5.52 Å². The van der Waals surface area contributed by atoms with Crippen molar-refractivity contribution < 1.29 is 9.47 Å². The minimum absolute atomic E-state index is 0.112. The molecule has 0 aliphatic carbocycles. The average molecular weight is 400 g/mol. The van der Waals surface area contributed by atoms with Crippen LogP contribution in [-0.4, -0.2) is 33.4 Å². The number of hydrogen-bond donors (Lipinski definition) is 1. The van der Waals surface area contributed by atoms with Crippen LogP contribution in [0.25, 0.3) is 16.7 Å². The molecule has 28 heavy (non-hydrogen) atoms. The zero-order chi connectivity index (χ0) is 19.8. The van der Waals surface area contributed by atoms with Gasteiger partial charge in [0.1, 0.15) is 11.5 Å². The minimum atomic E-state index is -0.112. The molecule has 0 saturated heterocycles. The Morgan fingerprint density at radius 2 is 1.86 bits per heavy atom. The van der Waals surface area contributed by atoms with Crippen LogP contribution in [-0.2, 0) is 13.6 Å². The maximum atomic E-state index is 12.5. The van der Waals surface area contributed by atoms with Gasteiger partial charge >= 0.3 is 0 Å². The van der Waals surface area contributed by atoms with Crippen molar-refractivity contribution in [2.24, 2.45) is 7.05 Å². The quantitative estimate of drug-likeness (QED) is 0.555. The van der Waals surface area contributed by atoms with E-state index >= 15 is 0 Å². The lowest BCUT2D eigenvalue weighted by Gasteiger charge is -2.14. The first-order valence-corrected chi connectivity index (χ1v) is 8.90. The van der Waals surface area contributed by atoms with E-state index in [9.17, 15) is 4.79 Å². The van der Waals surface area contributed by atoms with E-state index in [1.165, 1.54) is 4.57 Å². The van der Waals surface area contributed by atoms with Gasteiger partial charge in [0, 0.05) is 13.1 Å². The van der Waals surface area contributed by atoms with Gasteiger partial charge in [-0.3, -0.25) is 13.8 Å². The summed E-state index contributed by atoms with van der Waals surface area (Å²) in [5.41, 5.74) is 1.33. The summed E-state index contributed by atoms with van der Waals surface area (Å²) in [7, 11) is 4.80. The number of hydrogen-bond acceptors (Lipinski definition) is 6. The molecule has 0 aliphatic rings. The molecule has 0 amide bonds. The molecule has 4 rings (SSSR count). The fourth-order valence-corrected chi connectivity index (χ4v) is 3.42. The molecule has 0 radical (unpaired) electrons. The second-order valence-corrected chi connectivity index (χ2v) is 6.58. The summed E-state index contributed by atoms with van der Waals surface area (Å²) >= 11 is 6.24. The van der Waals surface area contributed by atoms with Crippen LogP contribution >= 0.6 is 11.6 Å². The first-order chi connectivity index (χ1) is 13.5. The zero-order valence-electron chi connectivity index (χ0n) is 15.6. The third kappa shape index (κ3) is 2.82. The summed E-state index contributed by atoms with van der Waals surface area (Å²) in [4.78, 5) is 12.5. The fourth-order valence-electron chi connectivity index (χ4n) is 3.18. The van der Waals surface area contributed by atoms with E-state index in [0.29, 0.717) is 45.7 Å². The number of halogens is 1. The number of methoxy groups -OCH3 is 2. The highest BCUT2D eigenvalue weighted by atomic mass is 35.5. The summed E-state index contributed by atoms with van der Waals surface area (Å²) in [5, 5.41) is 12.8. The predicted octanol–water partition coefficient (Wildman–Crippen LogP) is 2.86. The summed E-state index contributed by atoms with van der Waals surface area (Å²) in [6.07, 6.45) is 0. The Morgan fingerprint density at radius 1 is 1.11 bits per heavy atom. The van der Waals surface area contributed by atoms with Gasteiger partial charge in [-0.2, -0.15) is 0 Å². The number of ether oxygens (including phenoxy) is 2. The van der Waals surface area contributed by atoms with Crippen molar-refractivity contribution in [2.45, 2.75) is 6.54 Å². The topological polar surface area (TPSA) is 82.7 Å². The lowest BCUT2D eigenvalue weighted by atomic mass is 10.2. The molecule has 0 fully saturated rings. The van der Waals surface area contributed by atoms with Crippen LogP contribution in [0.3, 0.4) is 0 Å². The van der Waals surface area contributed by atoms with Gasteiger partial charge in [-0.1, -0.05) is 23.7 Å². The van der Waals surface area contributed by atoms with Gasteiger partial charge in [-0.25, -0.2) is 0 Å². The Hall–Kier alpha value is -3.26. The number of aryl methyl sites for hydroxylation is 1. The molecule has 4 aromatic rings. The zero-order valence-corrected chi connectivity index (χ0v) is 16.3. The molecule has 1 N–H and O–H groups in total. The molecule has 0 saturated carbocycles. The first-order valence-electron chi connectivity index (χ1n) is 8.52.